The van der Waals surface area contributed by atoms with Crippen molar-refractivity contribution in [1.29, 1.82) is 0 Å². The highest BCUT2D eigenvalue weighted by atomic mass is 19.1. The Bertz CT molecular complexity index is 2100. The summed E-state index contributed by atoms with van der Waals surface area (Å²) >= 11 is 0. The van der Waals surface area contributed by atoms with Crippen LogP contribution in [0.3, 0.4) is 0 Å². The van der Waals surface area contributed by atoms with Gasteiger partial charge in [0.15, 0.2) is 5.75 Å². The van der Waals surface area contributed by atoms with Crippen LogP contribution >= 0.6 is 0 Å². The first-order chi connectivity index (χ1) is 22.6. The second-order valence-electron chi connectivity index (χ2n) is 11.0. The molecule has 7 nitrogen and oxygen atoms in total. The number of fused-ring (bicyclic) bond motifs is 2. The number of halogens is 1. The number of ether oxygens (including phenoxy) is 1. The first-order valence-corrected chi connectivity index (χ1v) is 14.9. The van der Waals surface area contributed by atoms with Crippen LogP contribution in [0.4, 0.5) is 4.39 Å². The molecule has 1 amide bonds. The molecule has 7 aromatic rings. The van der Waals surface area contributed by atoms with E-state index >= 15 is 0 Å². The number of nitrogens with one attached hydrogen (secondary N) is 1. The molecule has 0 spiro atoms. The lowest BCUT2D eigenvalue weighted by molar-refractivity contribution is 0.0954. The minimum atomic E-state index is -0.540. The topological polar surface area (TPSA) is 89.3 Å². The molecular formula is C38H29FN4O3. The van der Waals surface area contributed by atoms with Crippen molar-refractivity contribution in [1.82, 2.24) is 19.9 Å². The fraction of sp³-hybridized carbons (Fsp3) is 0.0789. The van der Waals surface area contributed by atoms with Gasteiger partial charge in [-0.2, -0.15) is 0 Å². The molecule has 46 heavy (non-hydrogen) atoms. The highest BCUT2D eigenvalue weighted by Gasteiger charge is 2.28. The molecule has 0 aliphatic heterocycles. The van der Waals surface area contributed by atoms with Gasteiger partial charge < -0.3 is 19.7 Å². The Morgan fingerprint density at radius 2 is 1.48 bits per heavy atom. The first kappa shape index (κ1) is 28.7. The van der Waals surface area contributed by atoms with Gasteiger partial charge in [-0.3, -0.25) is 14.8 Å². The van der Waals surface area contributed by atoms with E-state index in [0.29, 0.717) is 33.0 Å². The highest BCUT2D eigenvalue weighted by molar-refractivity contribution is 6.21. The average Bonchev–Trinajstić information content (AvgIpc) is 3.42. The molecule has 0 saturated carbocycles. The molecule has 8 heteroatoms. The average molecular weight is 609 g/mol. The Kier molecular flexibility index (Phi) is 7.83. The summed E-state index contributed by atoms with van der Waals surface area (Å²) in [7, 11) is 0. The van der Waals surface area contributed by atoms with Crippen LogP contribution in [0.1, 0.15) is 38.7 Å². The van der Waals surface area contributed by atoms with Gasteiger partial charge in [-0.05, 0) is 52.6 Å². The van der Waals surface area contributed by atoms with Gasteiger partial charge in [-0.25, -0.2) is 4.39 Å². The minimum Gasteiger partial charge on any atom is -0.494 e. The summed E-state index contributed by atoms with van der Waals surface area (Å²) in [6, 6.07) is 33.0. The smallest absolute Gasteiger partial charge is 0.252 e. The number of rotatable bonds is 9. The van der Waals surface area contributed by atoms with E-state index in [0.717, 1.165) is 22.3 Å². The second-order valence-corrected chi connectivity index (χ2v) is 11.0. The maximum atomic E-state index is 14.0. The van der Waals surface area contributed by atoms with Crippen LogP contribution in [0.25, 0.3) is 21.7 Å². The van der Waals surface area contributed by atoms with E-state index in [1.54, 1.807) is 47.6 Å². The van der Waals surface area contributed by atoms with E-state index in [9.17, 15) is 14.3 Å². The molecule has 0 radical (unpaired) electrons. The number of benzene rings is 4. The third-order valence-corrected chi connectivity index (χ3v) is 7.97. The normalized spacial score (nSPS) is 11.3. The molecule has 2 N–H and O–H groups in total. The van der Waals surface area contributed by atoms with E-state index in [1.165, 1.54) is 12.1 Å². The fourth-order valence-corrected chi connectivity index (χ4v) is 5.75. The Labute approximate surface area is 264 Å². The Hall–Kier alpha value is -6.02. The number of pyridine rings is 2. The molecule has 0 bridgehead atoms. The molecule has 226 valence electrons. The zero-order chi connectivity index (χ0) is 31.5. The van der Waals surface area contributed by atoms with Gasteiger partial charge in [0.25, 0.3) is 5.91 Å². The quantitative estimate of drug-likeness (QED) is 0.176. The van der Waals surface area contributed by atoms with E-state index in [-0.39, 0.29) is 30.7 Å². The summed E-state index contributed by atoms with van der Waals surface area (Å²) in [5, 5.41) is 16.3. The second kappa shape index (κ2) is 12.5. The standard InChI is InChI=1S/C38H29FN4O3/c39-29-15-13-26(14-16-29)23-43-24-31-32(37(44)42-22-25-17-20-40-21-18-25)30-12-7-19-41-34(30)36(33(31)38(43)45)46-35(27-8-3-1-4-9-27)28-10-5-2-6-11-28/h1-21,24,35,45H,22-23H2,(H,42,44). The molecule has 0 atom stereocenters. The van der Waals surface area contributed by atoms with Gasteiger partial charge in [-0.1, -0.05) is 78.9 Å². The molecule has 0 aliphatic carbocycles. The first-order valence-electron chi connectivity index (χ1n) is 14.9. The number of nitrogens with zero attached hydrogens (tertiary/aromatic N) is 3. The van der Waals surface area contributed by atoms with Crippen molar-refractivity contribution in [2.45, 2.75) is 19.2 Å². The van der Waals surface area contributed by atoms with Crippen LogP contribution in [0.2, 0.25) is 0 Å². The van der Waals surface area contributed by atoms with Crippen molar-refractivity contribution in [3.8, 4) is 11.6 Å². The predicted molar refractivity (Wildman–Crippen MR) is 175 cm³/mol. The van der Waals surface area contributed by atoms with Gasteiger partial charge in [0, 0.05) is 42.1 Å². The lowest BCUT2D eigenvalue weighted by atomic mass is 9.98. The summed E-state index contributed by atoms with van der Waals surface area (Å²) in [5.41, 5.74) is 4.30. The summed E-state index contributed by atoms with van der Waals surface area (Å²) in [5.74, 6) is -0.415. The van der Waals surface area contributed by atoms with Gasteiger partial charge in [0.2, 0.25) is 5.88 Å². The van der Waals surface area contributed by atoms with E-state index in [2.05, 4.69) is 10.3 Å². The number of carbonyl (C=O) groups is 1. The van der Waals surface area contributed by atoms with Crippen LogP contribution in [0.5, 0.6) is 11.6 Å². The summed E-state index contributed by atoms with van der Waals surface area (Å²) in [6.07, 6.45) is 6.20. The van der Waals surface area contributed by atoms with Crippen molar-refractivity contribution in [3.05, 3.63) is 168 Å². The van der Waals surface area contributed by atoms with E-state index in [1.807, 2.05) is 78.9 Å². The number of aromatic hydroxyl groups is 1. The van der Waals surface area contributed by atoms with Crippen molar-refractivity contribution in [2.75, 3.05) is 0 Å². The van der Waals surface area contributed by atoms with Crippen molar-refractivity contribution >= 4 is 27.6 Å². The Balaban J connectivity index is 1.43. The zero-order valence-electron chi connectivity index (χ0n) is 24.7. The SMILES string of the molecule is O=C(NCc1ccncc1)c1c2cccnc2c(OC(c2ccccc2)c2ccccc2)c2c(O)n(Cc3ccc(F)cc3)cc12. The summed E-state index contributed by atoms with van der Waals surface area (Å²) in [6.45, 7) is 0.526. The summed E-state index contributed by atoms with van der Waals surface area (Å²) in [4.78, 5) is 22.8. The molecule has 7 rings (SSSR count). The van der Waals surface area contributed by atoms with Gasteiger partial charge >= 0.3 is 0 Å². The fourth-order valence-electron chi connectivity index (χ4n) is 5.75. The summed E-state index contributed by atoms with van der Waals surface area (Å²) < 4.78 is 22.3. The maximum absolute atomic E-state index is 14.0. The molecule has 3 heterocycles. The lowest BCUT2D eigenvalue weighted by Crippen LogP contribution is -2.23. The van der Waals surface area contributed by atoms with E-state index < -0.39 is 6.10 Å². The number of hydrogen-bond donors (Lipinski definition) is 2. The third kappa shape index (κ3) is 5.64. The van der Waals surface area contributed by atoms with Gasteiger partial charge in [0.05, 0.1) is 17.5 Å². The highest BCUT2D eigenvalue weighted by Crippen LogP contribution is 2.45. The zero-order valence-corrected chi connectivity index (χ0v) is 24.7. The number of aromatic nitrogens is 3. The number of carbonyl (C=O) groups excluding carboxylic acids is 1. The minimum absolute atomic E-state index is 0.0927. The Morgan fingerprint density at radius 1 is 0.804 bits per heavy atom. The van der Waals surface area contributed by atoms with Crippen molar-refractivity contribution in [2.24, 2.45) is 0 Å². The van der Waals surface area contributed by atoms with E-state index in [4.69, 9.17) is 9.72 Å². The molecule has 3 aromatic heterocycles. The Morgan fingerprint density at radius 3 is 2.15 bits per heavy atom. The predicted octanol–water partition coefficient (Wildman–Crippen LogP) is 7.58. The largest absolute Gasteiger partial charge is 0.494 e. The molecule has 0 aliphatic rings. The number of amides is 1. The molecule has 4 aromatic carbocycles. The van der Waals surface area contributed by atoms with Crippen LogP contribution in [0, 0.1) is 5.82 Å². The van der Waals surface area contributed by atoms with Crippen LogP contribution < -0.4 is 10.1 Å². The van der Waals surface area contributed by atoms with Crippen molar-refractivity contribution in [3.63, 3.8) is 0 Å². The molecule has 0 saturated heterocycles. The third-order valence-electron chi connectivity index (χ3n) is 7.97. The van der Waals surface area contributed by atoms with Gasteiger partial charge in [0.1, 0.15) is 17.4 Å². The van der Waals surface area contributed by atoms with Crippen molar-refractivity contribution < 1.29 is 19.0 Å². The molecular weight excluding hydrogens is 579 g/mol. The van der Waals surface area contributed by atoms with Gasteiger partial charge in [-0.15, -0.1) is 0 Å². The maximum Gasteiger partial charge on any atom is 0.252 e. The van der Waals surface area contributed by atoms with Crippen LogP contribution in [-0.4, -0.2) is 25.5 Å². The van der Waals surface area contributed by atoms with Crippen LogP contribution in [0.15, 0.2) is 134 Å². The van der Waals surface area contributed by atoms with Crippen LogP contribution in [-0.2, 0) is 13.1 Å². The monoisotopic (exact) mass is 608 g/mol. The molecule has 0 fully saturated rings. The lowest BCUT2D eigenvalue weighted by Gasteiger charge is -2.22. The number of hydrogen-bond acceptors (Lipinski definition) is 5. The molecule has 0 unspecified atom stereocenters.